The minimum Gasteiger partial charge on any atom is -0.355 e. The van der Waals surface area contributed by atoms with Gasteiger partial charge in [-0.3, -0.25) is 24.9 Å². The van der Waals surface area contributed by atoms with Crippen LogP contribution in [0.2, 0.25) is 0 Å². The van der Waals surface area contributed by atoms with Crippen LogP contribution in [0.1, 0.15) is 21.7 Å². The summed E-state index contributed by atoms with van der Waals surface area (Å²) in [5, 5.41) is 22.6. The van der Waals surface area contributed by atoms with Gasteiger partial charge in [0, 0.05) is 17.3 Å². The Bertz CT molecular complexity index is 1280. The summed E-state index contributed by atoms with van der Waals surface area (Å²) in [4.78, 5) is 27.9. The maximum absolute atomic E-state index is 12.4. The zero-order chi connectivity index (χ0) is 22.3. The molecule has 4 rings (SSSR count). The number of hydrogen-bond acceptors (Lipinski definition) is 6. The molecule has 32 heavy (non-hydrogen) atoms. The molecule has 0 aliphatic rings. The molecular weight excluding hydrogens is 408 g/mol. The van der Waals surface area contributed by atoms with E-state index in [1.54, 1.807) is 30.5 Å². The predicted molar refractivity (Wildman–Crippen MR) is 121 cm³/mol. The van der Waals surface area contributed by atoms with Gasteiger partial charge in [-0.2, -0.15) is 5.10 Å². The monoisotopic (exact) mass is 428 g/mol. The molecule has 9 nitrogen and oxygen atoms in total. The number of carbonyl (C=O) groups is 2. The third-order valence-corrected chi connectivity index (χ3v) is 4.68. The van der Waals surface area contributed by atoms with Crippen molar-refractivity contribution < 1.29 is 14.8 Å². The average molecular weight is 428 g/mol. The largest absolute Gasteiger partial charge is 0.355 e. The third kappa shape index (κ3) is 4.79. The minimum atomic E-state index is -0.707. The SMILES string of the molecule is O=C(CNC(=O)c1ccccc1Nc1ccc2c(/C=C/c3ccccn3)n[nH]c2c1)NO. The van der Waals surface area contributed by atoms with E-state index in [1.165, 1.54) is 5.48 Å². The van der Waals surface area contributed by atoms with Gasteiger partial charge in [0.1, 0.15) is 0 Å². The normalized spacial score (nSPS) is 10.9. The van der Waals surface area contributed by atoms with Crippen LogP contribution < -0.4 is 16.1 Å². The Balaban J connectivity index is 1.53. The summed E-state index contributed by atoms with van der Waals surface area (Å²) < 4.78 is 0. The molecule has 2 aromatic heterocycles. The summed E-state index contributed by atoms with van der Waals surface area (Å²) in [7, 11) is 0. The van der Waals surface area contributed by atoms with E-state index in [0.717, 1.165) is 28.0 Å². The molecule has 160 valence electrons. The number of pyridine rings is 1. The van der Waals surface area contributed by atoms with E-state index < -0.39 is 11.8 Å². The van der Waals surface area contributed by atoms with Crippen LogP contribution in [0.4, 0.5) is 11.4 Å². The summed E-state index contributed by atoms with van der Waals surface area (Å²) in [5.74, 6) is -1.15. The van der Waals surface area contributed by atoms with Gasteiger partial charge in [0.2, 0.25) is 0 Å². The minimum absolute atomic E-state index is 0.335. The highest BCUT2D eigenvalue weighted by molar-refractivity contribution is 6.02. The quantitative estimate of drug-likeness (QED) is 0.227. The highest BCUT2D eigenvalue weighted by atomic mass is 16.5. The van der Waals surface area contributed by atoms with E-state index in [9.17, 15) is 9.59 Å². The smallest absolute Gasteiger partial charge is 0.262 e. The number of nitrogens with one attached hydrogen (secondary N) is 4. The molecule has 0 saturated carbocycles. The van der Waals surface area contributed by atoms with Gasteiger partial charge in [0.25, 0.3) is 11.8 Å². The first-order valence-corrected chi connectivity index (χ1v) is 9.78. The Hall–Kier alpha value is -4.50. The fourth-order valence-corrected chi connectivity index (χ4v) is 3.13. The molecule has 2 heterocycles. The molecule has 4 aromatic rings. The lowest BCUT2D eigenvalue weighted by Crippen LogP contribution is -2.35. The van der Waals surface area contributed by atoms with Crippen LogP contribution in [0.25, 0.3) is 23.1 Å². The number of benzene rings is 2. The number of hydroxylamine groups is 1. The zero-order valence-electron chi connectivity index (χ0n) is 16.9. The van der Waals surface area contributed by atoms with Crippen molar-refractivity contribution in [3.63, 3.8) is 0 Å². The molecule has 0 fully saturated rings. The van der Waals surface area contributed by atoms with Crippen molar-refractivity contribution in [3.8, 4) is 0 Å². The van der Waals surface area contributed by atoms with Gasteiger partial charge in [-0.1, -0.05) is 18.2 Å². The van der Waals surface area contributed by atoms with Crippen molar-refractivity contribution in [3.05, 3.63) is 83.8 Å². The molecule has 0 bridgehead atoms. The van der Waals surface area contributed by atoms with Crippen molar-refractivity contribution in [2.45, 2.75) is 0 Å². The Kier molecular flexibility index (Phi) is 6.19. The maximum Gasteiger partial charge on any atom is 0.262 e. The first-order chi connectivity index (χ1) is 15.6. The lowest BCUT2D eigenvalue weighted by molar-refractivity contribution is -0.128. The number of H-pyrrole nitrogens is 1. The number of aromatic amines is 1. The number of hydrogen-bond donors (Lipinski definition) is 5. The molecule has 2 aromatic carbocycles. The van der Waals surface area contributed by atoms with E-state index in [4.69, 9.17) is 5.21 Å². The van der Waals surface area contributed by atoms with E-state index in [1.807, 2.05) is 48.6 Å². The van der Waals surface area contributed by atoms with Gasteiger partial charge in [-0.05, 0) is 54.6 Å². The predicted octanol–water partition coefficient (Wildman–Crippen LogP) is 3.11. The van der Waals surface area contributed by atoms with E-state index >= 15 is 0 Å². The maximum atomic E-state index is 12.4. The summed E-state index contributed by atoms with van der Waals surface area (Å²) in [6.45, 7) is -0.335. The number of rotatable bonds is 7. The molecule has 0 saturated heterocycles. The molecule has 0 radical (unpaired) electrons. The Morgan fingerprint density at radius 2 is 1.88 bits per heavy atom. The molecular formula is C23H20N6O3. The first-order valence-electron chi connectivity index (χ1n) is 9.78. The molecule has 0 unspecified atom stereocenters. The second-order valence-corrected chi connectivity index (χ2v) is 6.85. The molecule has 0 atom stereocenters. The number of amides is 2. The third-order valence-electron chi connectivity index (χ3n) is 4.68. The molecule has 2 amide bonds. The summed E-state index contributed by atoms with van der Waals surface area (Å²) in [6.07, 6.45) is 5.53. The van der Waals surface area contributed by atoms with E-state index in [2.05, 4.69) is 25.8 Å². The van der Waals surface area contributed by atoms with Gasteiger partial charge in [-0.25, -0.2) is 5.48 Å². The van der Waals surface area contributed by atoms with Crippen molar-refractivity contribution in [1.29, 1.82) is 0 Å². The van der Waals surface area contributed by atoms with Crippen molar-refractivity contribution >= 4 is 46.2 Å². The van der Waals surface area contributed by atoms with Crippen LogP contribution in [0, 0.1) is 0 Å². The second-order valence-electron chi connectivity index (χ2n) is 6.85. The van der Waals surface area contributed by atoms with E-state index in [-0.39, 0.29) is 6.54 Å². The van der Waals surface area contributed by atoms with Crippen LogP contribution in [-0.4, -0.2) is 38.7 Å². The van der Waals surface area contributed by atoms with Gasteiger partial charge >= 0.3 is 0 Å². The second kappa shape index (κ2) is 9.54. The summed E-state index contributed by atoms with van der Waals surface area (Å²) >= 11 is 0. The van der Waals surface area contributed by atoms with Crippen LogP contribution in [0.5, 0.6) is 0 Å². The van der Waals surface area contributed by atoms with E-state index in [0.29, 0.717) is 11.3 Å². The lowest BCUT2D eigenvalue weighted by atomic mass is 10.1. The number of aromatic nitrogens is 3. The van der Waals surface area contributed by atoms with Crippen molar-refractivity contribution in [1.82, 2.24) is 26.0 Å². The number of anilines is 2. The van der Waals surface area contributed by atoms with Gasteiger partial charge < -0.3 is 10.6 Å². The Morgan fingerprint density at radius 1 is 1.03 bits per heavy atom. The fourth-order valence-electron chi connectivity index (χ4n) is 3.13. The van der Waals surface area contributed by atoms with Crippen LogP contribution in [-0.2, 0) is 4.79 Å². The Labute approximate surface area is 183 Å². The zero-order valence-corrected chi connectivity index (χ0v) is 16.9. The number of para-hydroxylation sites is 1. The van der Waals surface area contributed by atoms with Crippen LogP contribution >= 0.6 is 0 Å². The number of fused-ring (bicyclic) bond motifs is 1. The van der Waals surface area contributed by atoms with Gasteiger partial charge in [0.15, 0.2) is 0 Å². The molecule has 5 N–H and O–H groups in total. The molecule has 0 aliphatic carbocycles. The topological polar surface area (TPSA) is 132 Å². The molecule has 0 aliphatic heterocycles. The summed E-state index contributed by atoms with van der Waals surface area (Å²) in [6, 6.07) is 18.4. The van der Waals surface area contributed by atoms with Crippen LogP contribution in [0.3, 0.4) is 0 Å². The fraction of sp³-hybridized carbons (Fsp3) is 0.0435. The van der Waals surface area contributed by atoms with Crippen molar-refractivity contribution in [2.24, 2.45) is 0 Å². The van der Waals surface area contributed by atoms with Gasteiger partial charge in [-0.15, -0.1) is 0 Å². The van der Waals surface area contributed by atoms with Crippen LogP contribution in [0.15, 0.2) is 66.9 Å². The lowest BCUT2D eigenvalue weighted by Gasteiger charge is -2.12. The van der Waals surface area contributed by atoms with Crippen molar-refractivity contribution in [2.75, 3.05) is 11.9 Å². The first kappa shape index (κ1) is 20.8. The summed E-state index contributed by atoms with van der Waals surface area (Å²) in [5.41, 5.74) is 5.63. The highest BCUT2D eigenvalue weighted by Gasteiger charge is 2.13. The number of carbonyl (C=O) groups excluding carboxylic acids is 2. The Morgan fingerprint density at radius 3 is 2.69 bits per heavy atom. The number of nitrogens with zero attached hydrogens (tertiary/aromatic N) is 2. The molecule has 0 spiro atoms. The highest BCUT2D eigenvalue weighted by Crippen LogP contribution is 2.26. The standard InChI is InChI=1S/C23H20N6O3/c30-22(29-32)14-25-23(31)18-6-1-2-7-19(18)26-16-8-10-17-20(27-28-21(17)13-16)11-9-15-5-3-4-12-24-15/h1-13,26,32H,14H2,(H,25,31)(H,27,28)(H,29,30)/b11-9+. The molecule has 9 heteroatoms. The van der Waals surface area contributed by atoms with Gasteiger partial charge in [0.05, 0.1) is 34.7 Å². The average Bonchev–Trinajstić information content (AvgIpc) is 3.24.